The van der Waals surface area contributed by atoms with Crippen molar-refractivity contribution >= 4 is 21.4 Å². The fourth-order valence-electron chi connectivity index (χ4n) is 2.10. The van der Waals surface area contributed by atoms with Gasteiger partial charge in [0.25, 0.3) is 0 Å². The molecule has 92 valence electrons. The van der Waals surface area contributed by atoms with Gasteiger partial charge in [0.05, 0.1) is 0 Å². The molecule has 1 atom stereocenters. The molecule has 1 aromatic heterocycles. The van der Waals surface area contributed by atoms with Crippen molar-refractivity contribution in [3.05, 3.63) is 35.2 Å². The molecule has 1 aromatic carbocycles. The summed E-state index contributed by atoms with van der Waals surface area (Å²) < 4.78 is 1.34. The highest BCUT2D eigenvalue weighted by Crippen LogP contribution is 2.33. The minimum Gasteiger partial charge on any atom is -0.396 e. The van der Waals surface area contributed by atoms with Crippen LogP contribution in [0.25, 0.3) is 10.1 Å². The predicted octanol–water partition coefficient (Wildman–Crippen LogP) is 4.10. The minimum absolute atomic E-state index is 0.151. The number of benzene rings is 1. The van der Waals surface area contributed by atoms with Gasteiger partial charge in [0, 0.05) is 11.3 Å². The van der Waals surface area contributed by atoms with Gasteiger partial charge in [-0.3, -0.25) is 0 Å². The Morgan fingerprint density at radius 2 is 1.94 bits per heavy atom. The molecule has 0 fully saturated rings. The fraction of sp³-hybridized carbons (Fsp3) is 0.467. The van der Waals surface area contributed by atoms with Gasteiger partial charge in [-0.25, -0.2) is 0 Å². The van der Waals surface area contributed by atoms with Gasteiger partial charge in [-0.1, -0.05) is 39.0 Å². The molecule has 2 heteroatoms. The van der Waals surface area contributed by atoms with Gasteiger partial charge in [-0.15, -0.1) is 11.3 Å². The summed E-state index contributed by atoms with van der Waals surface area (Å²) in [5.41, 5.74) is 1.53. The first kappa shape index (κ1) is 12.6. The zero-order valence-corrected chi connectivity index (χ0v) is 11.6. The topological polar surface area (TPSA) is 20.2 Å². The van der Waals surface area contributed by atoms with Crippen LogP contribution < -0.4 is 0 Å². The molecule has 0 bridgehead atoms. The number of fused-ring (bicyclic) bond motifs is 1. The predicted molar refractivity (Wildman–Crippen MR) is 75.6 cm³/mol. The van der Waals surface area contributed by atoms with E-state index in [-0.39, 0.29) is 12.0 Å². The van der Waals surface area contributed by atoms with Gasteiger partial charge in [0.1, 0.15) is 0 Å². The largest absolute Gasteiger partial charge is 0.396 e. The van der Waals surface area contributed by atoms with Crippen molar-refractivity contribution in [2.45, 2.75) is 27.2 Å². The molecule has 0 spiro atoms. The summed E-state index contributed by atoms with van der Waals surface area (Å²) >= 11 is 1.80. The van der Waals surface area contributed by atoms with Crippen molar-refractivity contribution in [3.8, 4) is 0 Å². The maximum atomic E-state index is 9.54. The van der Waals surface area contributed by atoms with E-state index in [9.17, 15) is 5.11 Å². The van der Waals surface area contributed by atoms with Crippen LogP contribution in [-0.4, -0.2) is 11.7 Å². The molecule has 0 aliphatic carbocycles. The molecule has 0 aliphatic heterocycles. The lowest BCUT2D eigenvalue weighted by atomic mass is 9.78. The van der Waals surface area contributed by atoms with Crippen molar-refractivity contribution in [3.63, 3.8) is 0 Å². The Morgan fingerprint density at radius 3 is 2.59 bits per heavy atom. The van der Waals surface area contributed by atoms with Gasteiger partial charge < -0.3 is 5.11 Å². The van der Waals surface area contributed by atoms with Gasteiger partial charge in [0.15, 0.2) is 0 Å². The third-order valence-corrected chi connectivity index (χ3v) is 4.48. The normalized spacial score (nSPS) is 14.1. The minimum atomic E-state index is 0.151. The maximum Gasteiger partial charge on any atom is 0.0467 e. The molecule has 0 radical (unpaired) electrons. The highest BCUT2D eigenvalue weighted by Gasteiger charge is 2.24. The smallest absolute Gasteiger partial charge is 0.0467 e. The van der Waals surface area contributed by atoms with Gasteiger partial charge in [-0.05, 0) is 40.1 Å². The summed E-state index contributed by atoms with van der Waals surface area (Å²) in [5, 5.41) is 13.1. The number of hydrogen-bond donors (Lipinski definition) is 1. The first-order chi connectivity index (χ1) is 8.02. The summed E-state index contributed by atoms with van der Waals surface area (Å²) in [6.45, 7) is 6.85. The Kier molecular flexibility index (Phi) is 3.55. The zero-order chi connectivity index (χ0) is 12.5. The number of hydrogen-bond acceptors (Lipinski definition) is 2. The van der Waals surface area contributed by atoms with Crippen LogP contribution in [0.4, 0.5) is 0 Å². The van der Waals surface area contributed by atoms with Crippen LogP contribution >= 0.6 is 11.3 Å². The van der Waals surface area contributed by atoms with Crippen molar-refractivity contribution in [1.29, 1.82) is 0 Å². The highest BCUT2D eigenvalue weighted by molar-refractivity contribution is 7.17. The van der Waals surface area contributed by atoms with E-state index in [1.165, 1.54) is 15.6 Å². The third kappa shape index (κ3) is 2.70. The molecule has 1 unspecified atom stereocenters. The lowest BCUT2D eigenvalue weighted by Crippen LogP contribution is -2.25. The standard InChI is InChI=1S/C15H20OS/c1-15(2,3)12(9-16)8-11-10-17-14-7-5-4-6-13(11)14/h4-7,10,12,16H,8-9H2,1-3H3. The van der Waals surface area contributed by atoms with Crippen molar-refractivity contribution in [2.24, 2.45) is 11.3 Å². The molecular weight excluding hydrogens is 228 g/mol. The number of rotatable bonds is 3. The van der Waals surface area contributed by atoms with Crippen molar-refractivity contribution in [1.82, 2.24) is 0 Å². The summed E-state index contributed by atoms with van der Waals surface area (Å²) in [6, 6.07) is 8.51. The van der Waals surface area contributed by atoms with Crippen LogP contribution in [0.1, 0.15) is 26.3 Å². The van der Waals surface area contributed by atoms with Crippen LogP contribution in [0.3, 0.4) is 0 Å². The van der Waals surface area contributed by atoms with Crippen LogP contribution in [0.15, 0.2) is 29.6 Å². The van der Waals surface area contributed by atoms with E-state index in [4.69, 9.17) is 0 Å². The molecule has 0 saturated carbocycles. The number of aliphatic hydroxyl groups is 1. The molecule has 0 aliphatic rings. The Balaban J connectivity index is 2.29. The average molecular weight is 248 g/mol. The monoisotopic (exact) mass is 248 g/mol. The molecule has 1 N–H and O–H groups in total. The van der Waals surface area contributed by atoms with E-state index in [1.54, 1.807) is 11.3 Å². The summed E-state index contributed by atoms with van der Waals surface area (Å²) in [6.07, 6.45) is 0.962. The molecule has 0 saturated heterocycles. The highest BCUT2D eigenvalue weighted by atomic mass is 32.1. The second-order valence-corrected chi connectivity index (χ2v) is 6.62. The lowest BCUT2D eigenvalue weighted by Gasteiger charge is -2.29. The SMILES string of the molecule is CC(C)(C)C(CO)Cc1csc2ccccc12. The molecular formula is C15H20OS. The van der Waals surface area contributed by atoms with E-state index in [0.717, 1.165) is 6.42 Å². The van der Waals surface area contributed by atoms with Crippen LogP contribution in [0.5, 0.6) is 0 Å². The molecule has 2 aromatic rings. The number of thiophene rings is 1. The van der Waals surface area contributed by atoms with Gasteiger partial charge >= 0.3 is 0 Å². The van der Waals surface area contributed by atoms with Gasteiger partial charge in [0.2, 0.25) is 0 Å². The Bertz CT molecular complexity index is 493. The average Bonchev–Trinajstić information content (AvgIpc) is 2.67. The fourth-order valence-corrected chi connectivity index (χ4v) is 3.08. The van der Waals surface area contributed by atoms with Gasteiger partial charge in [-0.2, -0.15) is 0 Å². The van der Waals surface area contributed by atoms with Crippen LogP contribution in [-0.2, 0) is 6.42 Å². The number of aliphatic hydroxyl groups excluding tert-OH is 1. The van der Waals surface area contributed by atoms with E-state index >= 15 is 0 Å². The van der Waals surface area contributed by atoms with E-state index in [2.05, 4.69) is 50.4 Å². The molecule has 17 heavy (non-hydrogen) atoms. The maximum absolute atomic E-state index is 9.54. The summed E-state index contributed by atoms with van der Waals surface area (Å²) in [5.74, 6) is 0.320. The van der Waals surface area contributed by atoms with Crippen molar-refractivity contribution < 1.29 is 5.11 Å². The molecule has 1 heterocycles. The lowest BCUT2D eigenvalue weighted by molar-refractivity contribution is 0.131. The summed E-state index contributed by atoms with van der Waals surface area (Å²) in [4.78, 5) is 0. The Morgan fingerprint density at radius 1 is 1.24 bits per heavy atom. The molecule has 0 amide bonds. The molecule has 2 rings (SSSR count). The Hall–Kier alpha value is -0.860. The Labute approximate surface area is 107 Å². The second-order valence-electron chi connectivity index (χ2n) is 5.71. The van der Waals surface area contributed by atoms with Crippen LogP contribution in [0.2, 0.25) is 0 Å². The van der Waals surface area contributed by atoms with Crippen molar-refractivity contribution in [2.75, 3.05) is 6.61 Å². The van der Waals surface area contributed by atoms with E-state index in [1.807, 2.05) is 0 Å². The first-order valence-corrected chi connectivity index (χ1v) is 6.96. The zero-order valence-electron chi connectivity index (χ0n) is 10.7. The van der Waals surface area contributed by atoms with E-state index in [0.29, 0.717) is 5.92 Å². The molecule has 1 nitrogen and oxygen atoms in total. The summed E-state index contributed by atoms with van der Waals surface area (Å²) in [7, 11) is 0. The second kappa shape index (κ2) is 4.79. The first-order valence-electron chi connectivity index (χ1n) is 6.08. The van der Waals surface area contributed by atoms with Crippen LogP contribution in [0, 0.1) is 11.3 Å². The third-order valence-electron chi connectivity index (χ3n) is 3.47. The quantitative estimate of drug-likeness (QED) is 0.867. The van der Waals surface area contributed by atoms with E-state index < -0.39 is 0 Å².